The Kier molecular flexibility index (Phi) is 5.56. The molecule has 5 heteroatoms. The molecule has 0 atom stereocenters. The minimum Gasteiger partial charge on any atom is -0.371 e. The van der Waals surface area contributed by atoms with E-state index in [4.69, 9.17) is 0 Å². The Labute approximate surface area is 179 Å². The van der Waals surface area contributed by atoms with E-state index in [-0.39, 0.29) is 0 Å². The molecule has 3 heterocycles. The fraction of sp³-hybridized carbons (Fsp3) is 0.400. The fourth-order valence-corrected chi connectivity index (χ4v) is 4.56. The molecule has 5 rings (SSSR count). The minimum atomic E-state index is 1.00. The first-order valence-electron chi connectivity index (χ1n) is 11.2. The maximum absolute atomic E-state index is 4.56. The standard InChI is InChI=1S/C25H31N5/c1-28-13-15-29(16-14-28)19-21-6-4-5-20(17-21)7-10-24-23-9-8-22(18-25(23)27-26-24)30-11-2-3-12-30/h4-10,17-18H,2-3,11-16,19H2,1H3,(H,26,27)/b10-7+. The first-order valence-corrected chi connectivity index (χ1v) is 11.2. The van der Waals surface area contributed by atoms with E-state index in [0.29, 0.717) is 0 Å². The third kappa shape index (κ3) is 4.27. The zero-order chi connectivity index (χ0) is 20.3. The molecule has 0 amide bonds. The molecule has 5 nitrogen and oxygen atoms in total. The quantitative estimate of drug-likeness (QED) is 0.699. The zero-order valence-electron chi connectivity index (χ0n) is 17.8. The SMILES string of the molecule is CN1CCN(Cc2cccc(/C=C/c3n[nH]c4cc(N5CCCC5)ccc34)c2)CC1. The number of hydrogen-bond acceptors (Lipinski definition) is 4. The number of rotatable bonds is 5. The lowest BCUT2D eigenvalue weighted by Crippen LogP contribution is -2.43. The summed E-state index contributed by atoms with van der Waals surface area (Å²) >= 11 is 0. The number of hydrogen-bond donors (Lipinski definition) is 1. The number of nitrogens with zero attached hydrogens (tertiary/aromatic N) is 4. The Bertz CT molecular complexity index is 1020. The Morgan fingerprint density at radius 2 is 1.77 bits per heavy atom. The lowest BCUT2D eigenvalue weighted by Gasteiger charge is -2.32. The maximum Gasteiger partial charge on any atom is 0.0927 e. The molecule has 2 aliphatic rings. The average Bonchev–Trinajstić information content (AvgIpc) is 3.44. The number of benzene rings is 2. The summed E-state index contributed by atoms with van der Waals surface area (Å²) in [6, 6.07) is 15.5. The van der Waals surface area contributed by atoms with Crippen LogP contribution in [0.4, 0.5) is 5.69 Å². The lowest BCUT2D eigenvalue weighted by molar-refractivity contribution is 0.148. The number of anilines is 1. The molecule has 30 heavy (non-hydrogen) atoms. The molecule has 2 aromatic carbocycles. The van der Waals surface area contributed by atoms with Gasteiger partial charge in [0.2, 0.25) is 0 Å². The van der Waals surface area contributed by atoms with E-state index in [1.807, 2.05) is 0 Å². The maximum atomic E-state index is 4.56. The van der Waals surface area contributed by atoms with Crippen molar-refractivity contribution in [2.45, 2.75) is 19.4 Å². The van der Waals surface area contributed by atoms with Gasteiger partial charge in [-0.2, -0.15) is 5.10 Å². The van der Waals surface area contributed by atoms with Crippen molar-refractivity contribution in [1.82, 2.24) is 20.0 Å². The molecule has 156 valence electrons. The topological polar surface area (TPSA) is 38.4 Å². The van der Waals surface area contributed by atoms with Crippen molar-refractivity contribution >= 4 is 28.7 Å². The Balaban J connectivity index is 1.29. The number of fused-ring (bicyclic) bond motifs is 1. The number of nitrogens with one attached hydrogen (secondary N) is 1. The van der Waals surface area contributed by atoms with Crippen molar-refractivity contribution in [3.63, 3.8) is 0 Å². The third-order valence-corrected chi connectivity index (χ3v) is 6.43. The molecule has 2 aliphatic heterocycles. The van der Waals surface area contributed by atoms with Gasteiger partial charge < -0.3 is 9.80 Å². The van der Waals surface area contributed by atoms with Gasteiger partial charge in [-0.05, 0) is 55.3 Å². The predicted molar refractivity (Wildman–Crippen MR) is 126 cm³/mol. The van der Waals surface area contributed by atoms with Gasteiger partial charge in [0.05, 0.1) is 11.2 Å². The Morgan fingerprint density at radius 1 is 0.933 bits per heavy atom. The highest BCUT2D eigenvalue weighted by atomic mass is 15.2. The van der Waals surface area contributed by atoms with Crippen molar-refractivity contribution in [2.24, 2.45) is 0 Å². The number of aromatic amines is 1. The van der Waals surface area contributed by atoms with Crippen molar-refractivity contribution in [3.05, 3.63) is 59.3 Å². The van der Waals surface area contributed by atoms with Crippen molar-refractivity contribution in [1.29, 1.82) is 0 Å². The van der Waals surface area contributed by atoms with Crippen LogP contribution in [0.25, 0.3) is 23.1 Å². The van der Waals surface area contributed by atoms with Crippen LogP contribution >= 0.6 is 0 Å². The van der Waals surface area contributed by atoms with Gasteiger partial charge in [0.1, 0.15) is 0 Å². The summed E-state index contributed by atoms with van der Waals surface area (Å²) < 4.78 is 0. The summed E-state index contributed by atoms with van der Waals surface area (Å²) in [6.07, 6.45) is 6.90. The lowest BCUT2D eigenvalue weighted by atomic mass is 10.1. The molecule has 0 bridgehead atoms. The average molecular weight is 402 g/mol. The second-order valence-electron chi connectivity index (χ2n) is 8.69. The van der Waals surface area contributed by atoms with Gasteiger partial charge in [-0.1, -0.05) is 30.3 Å². The van der Waals surface area contributed by atoms with Crippen LogP contribution in [-0.2, 0) is 6.54 Å². The highest BCUT2D eigenvalue weighted by Gasteiger charge is 2.15. The number of piperazine rings is 1. The van der Waals surface area contributed by atoms with E-state index in [2.05, 4.69) is 86.6 Å². The van der Waals surface area contributed by atoms with Crippen LogP contribution in [-0.4, -0.2) is 66.3 Å². The number of H-pyrrole nitrogens is 1. The van der Waals surface area contributed by atoms with E-state index >= 15 is 0 Å². The molecule has 2 fully saturated rings. The van der Waals surface area contributed by atoms with Crippen LogP contribution < -0.4 is 4.90 Å². The molecule has 2 saturated heterocycles. The Hall–Kier alpha value is -2.63. The monoisotopic (exact) mass is 401 g/mol. The van der Waals surface area contributed by atoms with E-state index in [1.54, 1.807) is 0 Å². The second-order valence-corrected chi connectivity index (χ2v) is 8.69. The van der Waals surface area contributed by atoms with Crippen LogP contribution in [0.3, 0.4) is 0 Å². The van der Waals surface area contributed by atoms with E-state index in [9.17, 15) is 0 Å². The van der Waals surface area contributed by atoms with Gasteiger partial charge in [0.25, 0.3) is 0 Å². The molecule has 0 radical (unpaired) electrons. The Morgan fingerprint density at radius 3 is 2.60 bits per heavy atom. The molecule has 0 saturated carbocycles. The van der Waals surface area contributed by atoms with Gasteiger partial charge in [0.15, 0.2) is 0 Å². The van der Waals surface area contributed by atoms with Gasteiger partial charge >= 0.3 is 0 Å². The molecule has 1 N–H and O–H groups in total. The second kappa shape index (κ2) is 8.62. The summed E-state index contributed by atoms with van der Waals surface area (Å²) in [7, 11) is 2.20. The largest absolute Gasteiger partial charge is 0.371 e. The molecule has 1 aromatic heterocycles. The smallest absolute Gasteiger partial charge is 0.0927 e. The minimum absolute atomic E-state index is 1.00. The van der Waals surface area contributed by atoms with E-state index in [1.165, 1.54) is 35.0 Å². The highest BCUT2D eigenvalue weighted by molar-refractivity contribution is 5.91. The van der Waals surface area contributed by atoms with Crippen molar-refractivity contribution in [2.75, 3.05) is 51.2 Å². The summed E-state index contributed by atoms with van der Waals surface area (Å²) in [5.74, 6) is 0. The van der Waals surface area contributed by atoms with Crippen LogP contribution in [0.2, 0.25) is 0 Å². The molecule has 0 spiro atoms. The van der Waals surface area contributed by atoms with E-state index in [0.717, 1.165) is 57.0 Å². The van der Waals surface area contributed by atoms with Gasteiger partial charge in [0, 0.05) is 56.9 Å². The molecular formula is C25H31N5. The third-order valence-electron chi connectivity index (χ3n) is 6.43. The van der Waals surface area contributed by atoms with Crippen molar-refractivity contribution < 1.29 is 0 Å². The number of aromatic nitrogens is 2. The van der Waals surface area contributed by atoms with Crippen LogP contribution in [0.15, 0.2) is 42.5 Å². The first-order chi connectivity index (χ1) is 14.7. The van der Waals surface area contributed by atoms with Gasteiger partial charge in [-0.15, -0.1) is 0 Å². The normalized spacial score (nSPS) is 18.8. The van der Waals surface area contributed by atoms with Crippen LogP contribution in [0, 0.1) is 0 Å². The van der Waals surface area contributed by atoms with Crippen LogP contribution in [0.1, 0.15) is 29.7 Å². The highest BCUT2D eigenvalue weighted by Crippen LogP contribution is 2.26. The summed E-state index contributed by atoms with van der Waals surface area (Å²) in [6.45, 7) is 7.97. The van der Waals surface area contributed by atoms with Gasteiger partial charge in [-0.3, -0.25) is 10.00 Å². The van der Waals surface area contributed by atoms with Crippen molar-refractivity contribution in [3.8, 4) is 0 Å². The summed E-state index contributed by atoms with van der Waals surface area (Å²) in [4.78, 5) is 7.40. The fourth-order valence-electron chi connectivity index (χ4n) is 4.56. The molecule has 0 aliphatic carbocycles. The zero-order valence-corrected chi connectivity index (χ0v) is 17.8. The summed E-state index contributed by atoms with van der Waals surface area (Å²) in [5.41, 5.74) is 6.02. The summed E-state index contributed by atoms with van der Waals surface area (Å²) in [5, 5.41) is 8.96. The predicted octanol–water partition coefficient (Wildman–Crippen LogP) is 4.08. The molecule has 3 aromatic rings. The first kappa shape index (κ1) is 19.3. The molecular weight excluding hydrogens is 370 g/mol. The molecule has 0 unspecified atom stereocenters. The number of likely N-dealkylation sites (N-methyl/N-ethyl adjacent to an activating group) is 1. The van der Waals surface area contributed by atoms with E-state index < -0.39 is 0 Å². The van der Waals surface area contributed by atoms with Crippen LogP contribution in [0.5, 0.6) is 0 Å². The van der Waals surface area contributed by atoms with Gasteiger partial charge in [-0.25, -0.2) is 0 Å².